The van der Waals surface area contributed by atoms with Gasteiger partial charge in [-0.15, -0.1) is 0 Å². The number of hydrogen-bond donors (Lipinski definition) is 0. The number of nitriles is 1. The summed E-state index contributed by atoms with van der Waals surface area (Å²) in [5, 5.41) is 8.41. The topological polar surface area (TPSA) is 33.0 Å². The Morgan fingerprint density at radius 1 is 1.35 bits per heavy atom. The molecule has 1 aliphatic rings. The Labute approximate surface area is 134 Å². The van der Waals surface area contributed by atoms with E-state index in [0.29, 0.717) is 12.8 Å². The molecule has 0 bridgehead atoms. The maximum Gasteiger partial charge on any atom is 0.196 e. The van der Waals surface area contributed by atoms with Crippen LogP contribution in [0.1, 0.15) is 50.0 Å². The number of ether oxygens (including phenoxy) is 1. The van der Waals surface area contributed by atoms with Gasteiger partial charge in [0.1, 0.15) is 6.07 Å². The maximum absolute atomic E-state index is 13.4. The molecular weight excluding hydrogens is 303 g/mol. The van der Waals surface area contributed by atoms with Gasteiger partial charge in [-0.05, 0) is 68.2 Å². The molecule has 0 N–H and O–H groups in total. The van der Waals surface area contributed by atoms with Crippen LogP contribution in [0, 0.1) is 23.0 Å². The zero-order valence-electron chi connectivity index (χ0n) is 13.1. The largest absolute Gasteiger partial charge is 0.378 e. The van der Waals surface area contributed by atoms with Crippen molar-refractivity contribution in [1.29, 1.82) is 5.26 Å². The van der Waals surface area contributed by atoms with Gasteiger partial charge in [0.15, 0.2) is 17.5 Å². The summed E-state index contributed by atoms with van der Waals surface area (Å²) in [7, 11) is 1.64. The molecule has 2 rings (SSSR count). The molecule has 1 aromatic carbocycles. The SMILES string of the molecule is COC1(CCC=C(F)C#N)CCC(c2ccc(F)c(F)c2)CC1. The van der Waals surface area contributed by atoms with Gasteiger partial charge in [0.25, 0.3) is 0 Å². The van der Waals surface area contributed by atoms with Crippen molar-refractivity contribution < 1.29 is 17.9 Å². The lowest BCUT2D eigenvalue weighted by Gasteiger charge is -2.39. The first kappa shape index (κ1) is 17.6. The van der Waals surface area contributed by atoms with Crippen LogP contribution in [0.5, 0.6) is 0 Å². The lowest BCUT2D eigenvalue weighted by Crippen LogP contribution is -2.35. The van der Waals surface area contributed by atoms with E-state index in [9.17, 15) is 13.2 Å². The number of hydrogen-bond acceptors (Lipinski definition) is 2. The molecule has 5 heteroatoms. The highest BCUT2D eigenvalue weighted by molar-refractivity contribution is 5.22. The molecule has 1 aliphatic carbocycles. The van der Waals surface area contributed by atoms with Crippen molar-refractivity contribution in [3.63, 3.8) is 0 Å². The number of benzene rings is 1. The van der Waals surface area contributed by atoms with Crippen LogP contribution in [0.25, 0.3) is 0 Å². The van der Waals surface area contributed by atoms with Crippen LogP contribution in [0.3, 0.4) is 0 Å². The van der Waals surface area contributed by atoms with E-state index in [1.54, 1.807) is 13.2 Å². The minimum absolute atomic E-state index is 0.180. The molecule has 0 heterocycles. The normalized spacial score (nSPS) is 25.2. The number of allylic oxidation sites excluding steroid dienone is 2. The van der Waals surface area contributed by atoms with Gasteiger partial charge >= 0.3 is 0 Å². The third-order valence-electron chi connectivity index (χ3n) is 4.78. The summed E-state index contributed by atoms with van der Waals surface area (Å²) in [5.74, 6) is -2.24. The second-order valence-corrected chi connectivity index (χ2v) is 6.04. The van der Waals surface area contributed by atoms with E-state index in [1.165, 1.54) is 18.2 Å². The van der Waals surface area contributed by atoms with E-state index in [0.717, 1.165) is 37.3 Å². The summed E-state index contributed by atoms with van der Waals surface area (Å²) in [5.41, 5.74) is 0.477. The van der Waals surface area contributed by atoms with E-state index in [-0.39, 0.29) is 11.5 Å². The molecule has 23 heavy (non-hydrogen) atoms. The van der Waals surface area contributed by atoms with Gasteiger partial charge in [-0.25, -0.2) is 8.78 Å². The first-order valence-electron chi connectivity index (χ1n) is 7.75. The number of halogens is 3. The van der Waals surface area contributed by atoms with Crippen LogP contribution < -0.4 is 0 Å². The monoisotopic (exact) mass is 323 g/mol. The van der Waals surface area contributed by atoms with Gasteiger partial charge in [0.05, 0.1) is 5.60 Å². The third kappa shape index (κ3) is 4.35. The van der Waals surface area contributed by atoms with Crippen molar-refractivity contribution in [3.05, 3.63) is 47.3 Å². The zero-order valence-corrected chi connectivity index (χ0v) is 13.1. The van der Waals surface area contributed by atoms with Gasteiger partial charge in [-0.2, -0.15) is 9.65 Å². The number of rotatable bonds is 5. The molecule has 0 saturated heterocycles. The highest BCUT2D eigenvalue weighted by atomic mass is 19.2. The molecule has 2 nitrogen and oxygen atoms in total. The van der Waals surface area contributed by atoms with Crippen LogP contribution in [-0.2, 0) is 4.74 Å². The van der Waals surface area contributed by atoms with E-state index in [4.69, 9.17) is 10.00 Å². The highest BCUT2D eigenvalue weighted by Gasteiger charge is 2.35. The lowest BCUT2D eigenvalue weighted by molar-refractivity contribution is -0.0483. The third-order valence-corrected chi connectivity index (χ3v) is 4.78. The minimum atomic E-state index is -0.831. The van der Waals surface area contributed by atoms with Crippen LogP contribution in [0.2, 0.25) is 0 Å². The minimum Gasteiger partial charge on any atom is -0.378 e. The Kier molecular flexibility index (Phi) is 5.84. The van der Waals surface area contributed by atoms with Gasteiger partial charge < -0.3 is 4.74 Å². The molecule has 124 valence electrons. The van der Waals surface area contributed by atoms with E-state index < -0.39 is 17.5 Å². The first-order valence-corrected chi connectivity index (χ1v) is 7.75. The van der Waals surface area contributed by atoms with Crippen LogP contribution >= 0.6 is 0 Å². The Hall–Kier alpha value is -1.80. The van der Waals surface area contributed by atoms with Crippen molar-refractivity contribution >= 4 is 0 Å². The first-order chi connectivity index (χ1) is 11.0. The smallest absolute Gasteiger partial charge is 0.196 e. The highest BCUT2D eigenvalue weighted by Crippen LogP contribution is 2.42. The summed E-state index contributed by atoms with van der Waals surface area (Å²) in [4.78, 5) is 0. The van der Waals surface area contributed by atoms with Crippen molar-refractivity contribution in [3.8, 4) is 6.07 Å². The fourth-order valence-corrected chi connectivity index (χ4v) is 3.31. The van der Waals surface area contributed by atoms with Crippen molar-refractivity contribution in [1.82, 2.24) is 0 Å². The molecule has 1 fully saturated rings. The average molecular weight is 323 g/mol. The summed E-state index contributed by atoms with van der Waals surface area (Å²) < 4.78 is 44.9. The molecule has 0 unspecified atom stereocenters. The molecule has 0 atom stereocenters. The zero-order chi connectivity index (χ0) is 16.9. The van der Waals surface area contributed by atoms with Gasteiger partial charge in [-0.1, -0.05) is 6.07 Å². The molecule has 1 saturated carbocycles. The van der Waals surface area contributed by atoms with Crippen molar-refractivity contribution in [2.75, 3.05) is 7.11 Å². The fraction of sp³-hybridized carbons (Fsp3) is 0.500. The Bertz CT molecular complexity index is 613. The molecule has 0 aliphatic heterocycles. The van der Waals surface area contributed by atoms with Crippen LogP contribution in [-0.4, -0.2) is 12.7 Å². The van der Waals surface area contributed by atoms with Gasteiger partial charge in [0.2, 0.25) is 0 Å². The predicted molar refractivity (Wildman–Crippen MR) is 81.3 cm³/mol. The summed E-state index contributed by atoms with van der Waals surface area (Å²) in [6, 6.07) is 5.53. The van der Waals surface area contributed by atoms with Crippen molar-refractivity contribution in [2.45, 2.75) is 50.0 Å². The molecular formula is C18H20F3NO. The molecule has 1 aromatic rings. The predicted octanol–water partition coefficient (Wildman–Crippen LogP) is 5.16. The maximum atomic E-state index is 13.4. The second kappa shape index (κ2) is 7.65. The van der Waals surface area contributed by atoms with Crippen molar-refractivity contribution in [2.24, 2.45) is 0 Å². The van der Waals surface area contributed by atoms with Gasteiger partial charge in [-0.3, -0.25) is 0 Å². The average Bonchev–Trinajstić information content (AvgIpc) is 2.58. The number of nitrogens with zero attached hydrogens (tertiary/aromatic N) is 1. The van der Waals surface area contributed by atoms with E-state index in [1.807, 2.05) is 0 Å². The van der Waals surface area contributed by atoms with Crippen LogP contribution in [0.15, 0.2) is 30.1 Å². The second-order valence-electron chi connectivity index (χ2n) is 6.04. The lowest BCUT2D eigenvalue weighted by atomic mass is 9.74. The fourth-order valence-electron chi connectivity index (χ4n) is 3.31. The molecule has 0 radical (unpaired) electrons. The summed E-state index contributed by atoms with van der Waals surface area (Å²) in [6.45, 7) is 0. The Balaban J connectivity index is 1.97. The molecule has 0 spiro atoms. The quantitative estimate of drug-likeness (QED) is 0.701. The van der Waals surface area contributed by atoms with Crippen LogP contribution in [0.4, 0.5) is 13.2 Å². The Morgan fingerprint density at radius 2 is 2.04 bits per heavy atom. The van der Waals surface area contributed by atoms with Gasteiger partial charge in [0, 0.05) is 7.11 Å². The standard InChI is InChI=1S/C18H20F3NO/c1-23-18(8-2-3-15(19)12-22)9-6-13(7-10-18)14-4-5-16(20)17(21)11-14/h3-5,11,13H,2,6-10H2,1H3. The molecule has 0 amide bonds. The number of methoxy groups -OCH3 is 1. The summed E-state index contributed by atoms with van der Waals surface area (Å²) in [6.07, 6.45) is 5.53. The summed E-state index contributed by atoms with van der Waals surface area (Å²) >= 11 is 0. The van der Waals surface area contributed by atoms with E-state index >= 15 is 0 Å². The molecule has 0 aromatic heterocycles. The Morgan fingerprint density at radius 3 is 2.61 bits per heavy atom. The van der Waals surface area contributed by atoms with E-state index in [2.05, 4.69) is 0 Å².